The van der Waals surface area contributed by atoms with Crippen LogP contribution in [-0.4, -0.2) is 46.8 Å². The molecule has 1 aromatic carbocycles. The molecule has 6 nitrogen and oxygen atoms in total. The predicted octanol–water partition coefficient (Wildman–Crippen LogP) is 2.99. The number of benzene rings is 1. The van der Waals surface area contributed by atoms with Gasteiger partial charge in [-0.3, -0.25) is 0 Å². The van der Waals surface area contributed by atoms with Crippen molar-refractivity contribution < 1.29 is 13.5 Å². The van der Waals surface area contributed by atoms with E-state index in [2.05, 4.69) is 5.10 Å². The molecule has 138 valence electrons. The summed E-state index contributed by atoms with van der Waals surface area (Å²) in [7, 11) is -3.81. The number of sulfonamides is 1. The molecule has 0 unspecified atom stereocenters. The van der Waals surface area contributed by atoms with Gasteiger partial charge in [0, 0.05) is 12.6 Å². The molecule has 3 aromatic rings. The molecule has 0 atom stereocenters. The van der Waals surface area contributed by atoms with E-state index in [1.165, 1.54) is 15.6 Å². The van der Waals surface area contributed by atoms with Crippen molar-refractivity contribution in [3.05, 3.63) is 54.0 Å². The Morgan fingerprint density at radius 3 is 2.50 bits per heavy atom. The minimum absolute atomic E-state index is 0.0421. The molecule has 0 bridgehead atoms. The van der Waals surface area contributed by atoms with Crippen LogP contribution in [0.5, 0.6) is 0 Å². The molecule has 2 heterocycles. The van der Waals surface area contributed by atoms with Gasteiger partial charge in [0.05, 0.1) is 23.4 Å². The number of aromatic nitrogens is 2. The first-order valence-corrected chi connectivity index (χ1v) is 10.6. The van der Waals surface area contributed by atoms with Gasteiger partial charge in [-0.15, -0.1) is 11.3 Å². The van der Waals surface area contributed by atoms with E-state index in [4.69, 9.17) is 0 Å². The third-order valence-electron chi connectivity index (χ3n) is 3.94. The highest BCUT2D eigenvalue weighted by atomic mass is 32.2. The summed E-state index contributed by atoms with van der Waals surface area (Å²) in [5, 5.41) is 15.7. The maximum absolute atomic E-state index is 13.3. The van der Waals surface area contributed by atoms with Crippen molar-refractivity contribution >= 4 is 21.4 Å². The van der Waals surface area contributed by atoms with Crippen LogP contribution < -0.4 is 0 Å². The molecule has 0 amide bonds. The molecule has 8 heteroatoms. The average molecular weight is 392 g/mol. The lowest BCUT2D eigenvalue weighted by molar-refractivity contribution is 0.236. The molecule has 1 N–H and O–H groups in total. The minimum atomic E-state index is -3.81. The summed E-state index contributed by atoms with van der Waals surface area (Å²) in [6, 6.07) is 12.8. The fraction of sp³-hybridized carbons (Fsp3) is 0.278. The molecule has 0 aliphatic carbocycles. The molecule has 2 aromatic heterocycles. The maximum Gasteiger partial charge on any atom is 0.247 e. The number of para-hydroxylation sites is 1. The summed E-state index contributed by atoms with van der Waals surface area (Å²) in [6.45, 7) is 3.39. The standard InChI is InChI=1S/C18H21N3O3S2/c1-14(2)21(10-11-22)26(23,24)17-13-20(15-7-4-3-5-8-15)19-18(17)16-9-6-12-25-16/h3-9,12-14,22H,10-11H2,1-2H3. The first kappa shape index (κ1) is 18.8. The van der Waals surface area contributed by atoms with Crippen molar-refractivity contribution in [3.8, 4) is 16.3 Å². The van der Waals surface area contributed by atoms with Crippen LogP contribution in [0.4, 0.5) is 0 Å². The van der Waals surface area contributed by atoms with E-state index in [0.717, 1.165) is 10.6 Å². The second-order valence-corrected chi connectivity index (χ2v) is 8.84. The number of rotatable bonds is 7. The summed E-state index contributed by atoms with van der Waals surface area (Å²) in [6.07, 6.45) is 1.55. The summed E-state index contributed by atoms with van der Waals surface area (Å²) >= 11 is 1.44. The van der Waals surface area contributed by atoms with Crippen molar-refractivity contribution in [1.82, 2.24) is 14.1 Å². The first-order chi connectivity index (χ1) is 12.4. The van der Waals surface area contributed by atoms with Crippen LogP contribution in [0.3, 0.4) is 0 Å². The van der Waals surface area contributed by atoms with Gasteiger partial charge in [-0.05, 0) is 37.4 Å². The number of thiophene rings is 1. The van der Waals surface area contributed by atoms with Gasteiger partial charge in [0.2, 0.25) is 10.0 Å². The number of aliphatic hydroxyl groups is 1. The quantitative estimate of drug-likeness (QED) is 0.672. The Bertz CT molecular complexity index is 949. The van der Waals surface area contributed by atoms with Crippen molar-refractivity contribution in [2.75, 3.05) is 13.2 Å². The van der Waals surface area contributed by atoms with Gasteiger partial charge in [0.1, 0.15) is 10.6 Å². The fourth-order valence-electron chi connectivity index (χ4n) is 2.72. The Kier molecular flexibility index (Phi) is 5.57. The van der Waals surface area contributed by atoms with E-state index < -0.39 is 10.0 Å². The summed E-state index contributed by atoms with van der Waals surface area (Å²) in [5.74, 6) is 0. The number of nitrogens with zero attached hydrogens (tertiary/aromatic N) is 3. The SMILES string of the molecule is CC(C)N(CCO)S(=O)(=O)c1cn(-c2ccccc2)nc1-c1cccs1. The smallest absolute Gasteiger partial charge is 0.247 e. The summed E-state index contributed by atoms with van der Waals surface area (Å²) in [4.78, 5) is 0.928. The molecule has 0 saturated heterocycles. The molecule has 0 saturated carbocycles. The van der Waals surface area contributed by atoms with Crippen LogP contribution >= 0.6 is 11.3 Å². The monoisotopic (exact) mass is 391 g/mol. The normalized spacial score (nSPS) is 12.2. The van der Waals surface area contributed by atoms with Gasteiger partial charge < -0.3 is 5.11 Å². The molecule has 3 rings (SSSR count). The highest BCUT2D eigenvalue weighted by Gasteiger charge is 2.32. The van der Waals surface area contributed by atoms with Gasteiger partial charge in [-0.2, -0.15) is 9.40 Å². The Hall–Kier alpha value is -2.00. The Labute approximate surface area is 157 Å². The third-order valence-corrected chi connectivity index (χ3v) is 6.89. The highest BCUT2D eigenvalue weighted by Crippen LogP contribution is 2.32. The Morgan fingerprint density at radius 1 is 1.19 bits per heavy atom. The van der Waals surface area contributed by atoms with Crippen LogP contribution in [0.15, 0.2) is 58.9 Å². The fourth-order valence-corrected chi connectivity index (χ4v) is 5.27. The zero-order valence-corrected chi connectivity index (χ0v) is 16.2. The molecule has 26 heavy (non-hydrogen) atoms. The second-order valence-electron chi connectivity index (χ2n) is 6.03. The average Bonchev–Trinajstić information content (AvgIpc) is 3.29. The summed E-state index contributed by atoms with van der Waals surface area (Å²) < 4.78 is 29.5. The van der Waals surface area contributed by atoms with Crippen molar-refractivity contribution in [3.63, 3.8) is 0 Å². The number of aliphatic hydroxyl groups excluding tert-OH is 1. The first-order valence-electron chi connectivity index (χ1n) is 8.27. The van der Waals surface area contributed by atoms with E-state index in [9.17, 15) is 13.5 Å². The molecule has 0 aliphatic rings. The van der Waals surface area contributed by atoms with E-state index in [1.807, 2.05) is 47.8 Å². The summed E-state index contributed by atoms with van der Waals surface area (Å²) in [5.41, 5.74) is 1.21. The van der Waals surface area contributed by atoms with Crippen LogP contribution in [-0.2, 0) is 10.0 Å². The van der Waals surface area contributed by atoms with Gasteiger partial charge in [-0.1, -0.05) is 24.3 Å². The molecular weight excluding hydrogens is 370 g/mol. The third kappa shape index (κ3) is 3.59. The Morgan fingerprint density at radius 2 is 1.92 bits per heavy atom. The van der Waals surface area contributed by atoms with E-state index in [-0.39, 0.29) is 24.1 Å². The van der Waals surface area contributed by atoms with Crippen LogP contribution in [0.1, 0.15) is 13.8 Å². The van der Waals surface area contributed by atoms with Gasteiger partial charge >= 0.3 is 0 Å². The molecule has 0 spiro atoms. The van der Waals surface area contributed by atoms with Gasteiger partial charge in [-0.25, -0.2) is 13.1 Å². The lowest BCUT2D eigenvalue weighted by Gasteiger charge is -2.24. The molecule has 0 radical (unpaired) electrons. The topological polar surface area (TPSA) is 75.4 Å². The zero-order chi connectivity index (χ0) is 18.7. The van der Waals surface area contributed by atoms with Crippen molar-refractivity contribution in [2.24, 2.45) is 0 Å². The lowest BCUT2D eigenvalue weighted by Crippen LogP contribution is -2.39. The maximum atomic E-state index is 13.3. The number of hydrogen-bond acceptors (Lipinski definition) is 5. The zero-order valence-electron chi connectivity index (χ0n) is 14.6. The van der Waals surface area contributed by atoms with E-state index in [1.54, 1.807) is 24.7 Å². The molecular formula is C18H21N3O3S2. The Balaban J connectivity index is 2.18. The van der Waals surface area contributed by atoms with Gasteiger partial charge in [0.15, 0.2) is 0 Å². The second kappa shape index (κ2) is 7.71. The van der Waals surface area contributed by atoms with Crippen LogP contribution in [0, 0.1) is 0 Å². The van der Waals surface area contributed by atoms with E-state index in [0.29, 0.717) is 5.69 Å². The predicted molar refractivity (Wildman–Crippen MR) is 103 cm³/mol. The van der Waals surface area contributed by atoms with Crippen molar-refractivity contribution in [2.45, 2.75) is 24.8 Å². The largest absolute Gasteiger partial charge is 0.395 e. The highest BCUT2D eigenvalue weighted by molar-refractivity contribution is 7.89. The van der Waals surface area contributed by atoms with Crippen molar-refractivity contribution in [1.29, 1.82) is 0 Å². The molecule has 0 fully saturated rings. The molecule has 0 aliphatic heterocycles. The van der Waals surface area contributed by atoms with E-state index >= 15 is 0 Å². The van der Waals surface area contributed by atoms with Crippen LogP contribution in [0.2, 0.25) is 0 Å². The number of hydrogen-bond donors (Lipinski definition) is 1. The van der Waals surface area contributed by atoms with Crippen LogP contribution in [0.25, 0.3) is 16.3 Å². The lowest BCUT2D eigenvalue weighted by atomic mass is 10.3. The van der Waals surface area contributed by atoms with Gasteiger partial charge in [0.25, 0.3) is 0 Å². The minimum Gasteiger partial charge on any atom is -0.395 e.